The lowest BCUT2D eigenvalue weighted by Gasteiger charge is -2.18. The predicted octanol–water partition coefficient (Wildman–Crippen LogP) is 6.13. The minimum absolute atomic E-state index is 0.00475. The lowest BCUT2D eigenvalue weighted by molar-refractivity contribution is 0.198. The molecule has 5 rings (SSSR count). The molecule has 200 valence electrons. The molecule has 0 amide bonds. The van der Waals surface area contributed by atoms with Crippen molar-refractivity contribution < 1.29 is 27.0 Å². The molecule has 0 radical (unpaired) electrons. The summed E-state index contributed by atoms with van der Waals surface area (Å²) in [6, 6.07) is 15.9. The Labute approximate surface area is 226 Å². The van der Waals surface area contributed by atoms with Gasteiger partial charge in [0.05, 0.1) is 17.3 Å². The van der Waals surface area contributed by atoms with E-state index >= 15 is 4.39 Å². The maximum atomic E-state index is 15.1. The van der Waals surface area contributed by atoms with Crippen molar-refractivity contribution in [1.29, 1.82) is 0 Å². The van der Waals surface area contributed by atoms with Gasteiger partial charge in [-0.2, -0.15) is 0 Å². The van der Waals surface area contributed by atoms with Gasteiger partial charge in [0.2, 0.25) is 0 Å². The molecule has 0 spiro atoms. The number of hydrogen-bond donors (Lipinski definition) is 1. The summed E-state index contributed by atoms with van der Waals surface area (Å²) in [5, 5.41) is 10.3. The number of phenols is 1. The van der Waals surface area contributed by atoms with Crippen LogP contribution >= 0.6 is 11.6 Å². The molecule has 1 saturated heterocycles. The van der Waals surface area contributed by atoms with Crippen LogP contribution in [0.3, 0.4) is 0 Å². The predicted molar refractivity (Wildman–Crippen MR) is 145 cm³/mol. The Bertz CT molecular complexity index is 1470. The fraction of sp³-hybridized carbons (Fsp3) is 0.310. The largest absolute Gasteiger partial charge is 0.508 e. The first-order chi connectivity index (χ1) is 18.2. The highest BCUT2D eigenvalue weighted by Gasteiger charge is 2.30. The summed E-state index contributed by atoms with van der Waals surface area (Å²) in [6.07, 6.45) is 1.46. The first-order valence-corrected chi connectivity index (χ1v) is 14.6. The monoisotopic (exact) mass is 559 g/mol. The molecular formula is C29H28ClF2NO4S. The van der Waals surface area contributed by atoms with E-state index in [0.29, 0.717) is 41.0 Å². The quantitative estimate of drug-likeness (QED) is 0.377. The molecule has 38 heavy (non-hydrogen) atoms. The van der Waals surface area contributed by atoms with Crippen molar-refractivity contribution in [2.24, 2.45) is 0 Å². The minimum atomic E-state index is -3.74. The lowest BCUT2D eigenvalue weighted by Crippen LogP contribution is -2.26. The lowest BCUT2D eigenvalue weighted by atomic mass is 9.88. The SMILES string of the molecule is O=S1(=O)CCC(c2ccc(Cl)cc2F)=C(c2ccc(O[C@H]3CCN(CCCF)C3)cc2)c2ccc(O)cc21. The molecule has 5 nitrogen and oxygen atoms in total. The molecule has 9 heteroatoms. The van der Waals surface area contributed by atoms with E-state index in [4.69, 9.17) is 16.3 Å². The van der Waals surface area contributed by atoms with Gasteiger partial charge in [0.25, 0.3) is 0 Å². The second kappa shape index (κ2) is 11.0. The van der Waals surface area contributed by atoms with Crippen molar-refractivity contribution in [3.05, 3.63) is 88.2 Å². The minimum Gasteiger partial charge on any atom is -0.508 e. The molecule has 0 aromatic heterocycles. The van der Waals surface area contributed by atoms with E-state index in [9.17, 15) is 17.9 Å². The zero-order valence-electron chi connectivity index (χ0n) is 20.7. The van der Waals surface area contributed by atoms with Crippen molar-refractivity contribution in [3.63, 3.8) is 0 Å². The number of ether oxygens (including phenoxy) is 1. The first kappa shape index (κ1) is 26.7. The standard InChI is InChI=1S/C29H28ClF2NO4S/c30-20-4-8-24(27(32)16-20)25-11-15-38(35,36)28-17-21(34)5-9-26(28)29(25)19-2-6-22(7-3-19)37-23-10-14-33(18-23)13-1-12-31/h2-9,16-17,23,34H,1,10-15,18H2/t23-/m0/s1. The molecular weight excluding hydrogens is 532 g/mol. The van der Waals surface area contributed by atoms with Gasteiger partial charge in [0.1, 0.15) is 23.4 Å². The van der Waals surface area contributed by atoms with Crippen molar-refractivity contribution in [3.8, 4) is 11.5 Å². The number of likely N-dealkylation sites (tertiary alicyclic amines) is 1. The Hall–Kier alpha value is -2.94. The van der Waals surface area contributed by atoms with Crippen LogP contribution in [0.4, 0.5) is 8.78 Å². The molecule has 3 aromatic carbocycles. The average molecular weight is 560 g/mol. The third-order valence-electron chi connectivity index (χ3n) is 7.03. The van der Waals surface area contributed by atoms with Crippen LogP contribution in [0.25, 0.3) is 11.1 Å². The maximum absolute atomic E-state index is 15.1. The van der Waals surface area contributed by atoms with Crippen LogP contribution in [0, 0.1) is 5.82 Å². The van der Waals surface area contributed by atoms with Crippen molar-refractivity contribution in [2.45, 2.75) is 30.3 Å². The summed E-state index contributed by atoms with van der Waals surface area (Å²) in [7, 11) is -3.74. The number of nitrogens with zero attached hydrogens (tertiary/aromatic N) is 1. The topological polar surface area (TPSA) is 66.8 Å². The van der Waals surface area contributed by atoms with Crippen LogP contribution in [0.15, 0.2) is 65.6 Å². The number of benzene rings is 3. The van der Waals surface area contributed by atoms with Gasteiger partial charge in [-0.05, 0) is 78.4 Å². The third-order valence-corrected chi connectivity index (χ3v) is 9.02. The second-order valence-electron chi connectivity index (χ2n) is 9.62. The summed E-state index contributed by atoms with van der Waals surface area (Å²) >= 11 is 5.99. The fourth-order valence-electron chi connectivity index (χ4n) is 5.21. The molecule has 0 aliphatic carbocycles. The highest BCUT2D eigenvalue weighted by atomic mass is 35.5. The molecule has 1 atom stereocenters. The Morgan fingerprint density at radius 3 is 2.55 bits per heavy atom. The maximum Gasteiger partial charge on any atom is 0.179 e. The number of halogens is 3. The van der Waals surface area contributed by atoms with Gasteiger partial charge < -0.3 is 9.84 Å². The number of fused-ring (bicyclic) bond motifs is 1. The highest BCUT2D eigenvalue weighted by Crippen LogP contribution is 2.43. The second-order valence-corrected chi connectivity index (χ2v) is 12.1. The van der Waals surface area contributed by atoms with E-state index in [1.165, 1.54) is 18.2 Å². The van der Waals surface area contributed by atoms with E-state index < -0.39 is 15.7 Å². The van der Waals surface area contributed by atoms with Crippen LogP contribution in [0.2, 0.25) is 5.02 Å². The molecule has 2 heterocycles. The van der Waals surface area contributed by atoms with Gasteiger partial charge in [-0.25, -0.2) is 12.8 Å². The molecule has 0 saturated carbocycles. The van der Waals surface area contributed by atoms with Crippen LogP contribution in [0.5, 0.6) is 11.5 Å². The number of sulfone groups is 1. The zero-order valence-corrected chi connectivity index (χ0v) is 22.2. The summed E-state index contributed by atoms with van der Waals surface area (Å²) in [4.78, 5) is 2.20. The normalized spacial score (nSPS) is 19.3. The van der Waals surface area contributed by atoms with Crippen molar-refractivity contribution in [1.82, 2.24) is 4.90 Å². The van der Waals surface area contributed by atoms with Crippen LogP contribution in [-0.4, -0.2) is 56.6 Å². The van der Waals surface area contributed by atoms with Gasteiger partial charge in [-0.1, -0.05) is 29.8 Å². The average Bonchev–Trinajstić information content (AvgIpc) is 3.29. The molecule has 1 fully saturated rings. The van der Waals surface area contributed by atoms with E-state index in [-0.39, 0.29) is 46.2 Å². The molecule has 0 bridgehead atoms. The summed E-state index contributed by atoms with van der Waals surface area (Å²) < 4.78 is 60.2. The first-order valence-electron chi connectivity index (χ1n) is 12.6. The third kappa shape index (κ3) is 5.58. The summed E-state index contributed by atoms with van der Waals surface area (Å²) in [5.41, 5.74) is 2.49. The van der Waals surface area contributed by atoms with Crippen molar-refractivity contribution in [2.75, 3.05) is 32.1 Å². The van der Waals surface area contributed by atoms with Gasteiger partial charge in [0, 0.05) is 35.8 Å². The molecule has 0 unspecified atom stereocenters. The number of allylic oxidation sites excluding steroid dienone is 1. The van der Waals surface area contributed by atoms with Gasteiger partial charge in [-0.3, -0.25) is 9.29 Å². The molecule has 3 aromatic rings. The van der Waals surface area contributed by atoms with E-state index in [2.05, 4.69) is 4.90 Å². The number of alkyl halides is 1. The Morgan fingerprint density at radius 2 is 1.82 bits per heavy atom. The van der Waals surface area contributed by atoms with E-state index in [1.54, 1.807) is 18.2 Å². The van der Waals surface area contributed by atoms with Crippen molar-refractivity contribution >= 4 is 32.6 Å². The zero-order chi connectivity index (χ0) is 26.9. The van der Waals surface area contributed by atoms with Crippen LogP contribution < -0.4 is 4.74 Å². The van der Waals surface area contributed by atoms with Gasteiger partial charge >= 0.3 is 0 Å². The smallest absolute Gasteiger partial charge is 0.179 e. The number of phenolic OH excluding ortho intramolecular Hbond substituents is 1. The van der Waals surface area contributed by atoms with E-state index in [0.717, 1.165) is 19.5 Å². The van der Waals surface area contributed by atoms with Gasteiger partial charge in [-0.15, -0.1) is 0 Å². The summed E-state index contributed by atoms with van der Waals surface area (Å²) in [5.74, 6) is -0.263. The van der Waals surface area contributed by atoms with E-state index in [1.807, 2.05) is 24.3 Å². The van der Waals surface area contributed by atoms with Crippen LogP contribution in [0.1, 0.15) is 36.0 Å². The fourth-order valence-corrected chi connectivity index (χ4v) is 6.87. The molecule has 1 N–H and O–H groups in total. The Balaban J connectivity index is 1.55. The van der Waals surface area contributed by atoms with Gasteiger partial charge in [0.15, 0.2) is 9.84 Å². The molecule has 2 aliphatic heterocycles. The van der Waals surface area contributed by atoms with Crippen LogP contribution in [-0.2, 0) is 9.84 Å². The Kier molecular flexibility index (Phi) is 7.75. The summed E-state index contributed by atoms with van der Waals surface area (Å²) in [6.45, 7) is 1.99. The number of hydrogen-bond acceptors (Lipinski definition) is 5. The highest BCUT2D eigenvalue weighted by molar-refractivity contribution is 7.91. The Morgan fingerprint density at radius 1 is 1.05 bits per heavy atom. The molecule has 2 aliphatic rings. The number of rotatable bonds is 7. The number of aromatic hydroxyl groups is 1.